The summed E-state index contributed by atoms with van der Waals surface area (Å²) in [7, 11) is 0. The van der Waals surface area contributed by atoms with Gasteiger partial charge in [-0.05, 0) is 24.7 Å². The largest absolute Gasteiger partial charge is 0.396 e. The van der Waals surface area contributed by atoms with Gasteiger partial charge >= 0.3 is 0 Å². The summed E-state index contributed by atoms with van der Waals surface area (Å²) in [5.74, 6) is 0.0379. The molecule has 0 heterocycles. The minimum absolute atomic E-state index is 0.0379. The molecule has 0 aliphatic carbocycles. The van der Waals surface area contributed by atoms with E-state index in [1.165, 1.54) is 0 Å². The highest BCUT2D eigenvalue weighted by Gasteiger charge is 2.24. The Kier molecular flexibility index (Phi) is 8.20. The molecule has 0 saturated heterocycles. The molecule has 3 N–H and O–H groups in total. The summed E-state index contributed by atoms with van der Waals surface area (Å²) in [4.78, 5) is 11.8. The van der Waals surface area contributed by atoms with Gasteiger partial charge in [0.25, 0.3) is 0 Å². The second-order valence-corrected chi connectivity index (χ2v) is 5.89. The Labute approximate surface area is 112 Å². The summed E-state index contributed by atoms with van der Waals surface area (Å²) in [5.41, 5.74) is 0.0396. The first-order valence-electron chi connectivity index (χ1n) is 6.98. The molecule has 0 rings (SSSR count). The molecule has 4 heteroatoms. The minimum Gasteiger partial charge on any atom is -0.396 e. The lowest BCUT2D eigenvalue weighted by Crippen LogP contribution is -2.47. The number of hydrogen-bond donors (Lipinski definition) is 3. The van der Waals surface area contributed by atoms with Crippen LogP contribution in [0.3, 0.4) is 0 Å². The first-order chi connectivity index (χ1) is 8.35. The Morgan fingerprint density at radius 2 is 1.78 bits per heavy atom. The zero-order chi connectivity index (χ0) is 14.2. The number of aliphatic hydroxyl groups excluding tert-OH is 1. The third-order valence-electron chi connectivity index (χ3n) is 3.32. The van der Waals surface area contributed by atoms with Crippen LogP contribution in [0, 0.1) is 5.41 Å². The van der Waals surface area contributed by atoms with Crippen LogP contribution in [0.4, 0.5) is 0 Å². The molecule has 0 aromatic carbocycles. The smallest absolute Gasteiger partial charge is 0.234 e. The van der Waals surface area contributed by atoms with Crippen molar-refractivity contribution < 1.29 is 9.90 Å². The van der Waals surface area contributed by atoms with Gasteiger partial charge in [0.05, 0.1) is 6.54 Å². The number of hydrogen-bond acceptors (Lipinski definition) is 3. The van der Waals surface area contributed by atoms with Crippen LogP contribution in [0.15, 0.2) is 0 Å². The van der Waals surface area contributed by atoms with Crippen molar-refractivity contribution in [1.82, 2.24) is 10.6 Å². The van der Waals surface area contributed by atoms with Crippen molar-refractivity contribution in [3.63, 3.8) is 0 Å². The van der Waals surface area contributed by atoms with Crippen LogP contribution in [0.1, 0.15) is 53.9 Å². The van der Waals surface area contributed by atoms with Crippen molar-refractivity contribution in [3.05, 3.63) is 0 Å². The number of aliphatic hydroxyl groups is 1. The van der Waals surface area contributed by atoms with Crippen LogP contribution >= 0.6 is 0 Å². The first-order valence-corrected chi connectivity index (χ1v) is 6.98. The normalized spacial score (nSPS) is 13.7. The highest BCUT2D eigenvalue weighted by Crippen LogP contribution is 2.21. The highest BCUT2D eigenvalue weighted by molar-refractivity contribution is 5.78. The molecule has 0 aromatic heterocycles. The Bertz CT molecular complexity index is 232. The molecule has 0 saturated carbocycles. The van der Waals surface area contributed by atoms with Gasteiger partial charge in [-0.1, -0.05) is 34.6 Å². The topological polar surface area (TPSA) is 61.4 Å². The Morgan fingerprint density at radius 1 is 1.22 bits per heavy atom. The van der Waals surface area contributed by atoms with Crippen LogP contribution in [-0.4, -0.2) is 36.2 Å². The first kappa shape index (κ1) is 17.4. The number of carbonyl (C=O) groups is 1. The molecule has 0 aliphatic heterocycles. The molecular formula is C14H30N2O2. The van der Waals surface area contributed by atoms with E-state index in [9.17, 15) is 4.79 Å². The molecule has 0 spiro atoms. The van der Waals surface area contributed by atoms with E-state index >= 15 is 0 Å². The molecule has 108 valence electrons. The highest BCUT2D eigenvalue weighted by atomic mass is 16.3. The van der Waals surface area contributed by atoms with Gasteiger partial charge in [-0.3, -0.25) is 4.79 Å². The lowest BCUT2D eigenvalue weighted by atomic mass is 9.85. The Balaban J connectivity index is 4.15. The van der Waals surface area contributed by atoms with Gasteiger partial charge in [-0.15, -0.1) is 0 Å². The molecule has 0 aromatic rings. The third-order valence-corrected chi connectivity index (χ3v) is 3.32. The minimum atomic E-state index is 0.0379. The van der Waals surface area contributed by atoms with E-state index in [1.54, 1.807) is 0 Å². The SMILES string of the molecule is CCC(CC)NC(=O)CNC(CCO)C(C)(C)C. The maximum absolute atomic E-state index is 11.8. The molecule has 0 radical (unpaired) electrons. The predicted octanol–water partition coefficient (Wildman–Crippen LogP) is 1.68. The van der Waals surface area contributed by atoms with Gasteiger partial charge < -0.3 is 15.7 Å². The summed E-state index contributed by atoms with van der Waals surface area (Å²) in [6, 6.07) is 0.417. The van der Waals surface area contributed by atoms with Crippen LogP contribution in [0.2, 0.25) is 0 Å². The summed E-state index contributed by atoms with van der Waals surface area (Å²) >= 11 is 0. The van der Waals surface area contributed by atoms with Gasteiger partial charge in [0.2, 0.25) is 5.91 Å². The lowest BCUT2D eigenvalue weighted by Gasteiger charge is -2.31. The molecule has 1 amide bonds. The number of amides is 1. The Hall–Kier alpha value is -0.610. The van der Waals surface area contributed by atoms with Gasteiger partial charge in [-0.2, -0.15) is 0 Å². The van der Waals surface area contributed by atoms with Crippen molar-refractivity contribution in [2.24, 2.45) is 5.41 Å². The summed E-state index contributed by atoms with van der Waals surface area (Å²) in [5, 5.41) is 15.3. The molecule has 0 aliphatic rings. The maximum atomic E-state index is 11.8. The summed E-state index contributed by atoms with van der Waals surface area (Å²) in [6.45, 7) is 10.9. The Morgan fingerprint density at radius 3 is 2.17 bits per heavy atom. The van der Waals surface area contributed by atoms with Gasteiger partial charge in [0.15, 0.2) is 0 Å². The van der Waals surface area contributed by atoms with Crippen molar-refractivity contribution in [3.8, 4) is 0 Å². The van der Waals surface area contributed by atoms with E-state index in [0.29, 0.717) is 13.0 Å². The van der Waals surface area contributed by atoms with Gasteiger partial charge in [-0.25, -0.2) is 0 Å². The lowest BCUT2D eigenvalue weighted by molar-refractivity contribution is -0.121. The summed E-state index contributed by atoms with van der Waals surface area (Å²) in [6.07, 6.45) is 2.59. The van der Waals surface area contributed by atoms with Crippen molar-refractivity contribution in [2.45, 2.75) is 66.0 Å². The molecule has 0 bridgehead atoms. The molecular weight excluding hydrogens is 228 g/mol. The fourth-order valence-corrected chi connectivity index (χ4v) is 1.96. The quantitative estimate of drug-likeness (QED) is 0.621. The van der Waals surface area contributed by atoms with E-state index in [1.807, 2.05) is 0 Å². The summed E-state index contributed by atoms with van der Waals surface area (Å²) < 4.78 is 0. The molecule has 18 heavy (non-hydrogen) atoms. The van der Waals surface area contributed by atoms with E-state index in [-0.39, 0.29) is 30.0 Å². The molecule has 4 nitrogen and oxygen atoms in total. The zero-order valence-electron chi connectivity index (χ0n) is 12.5. The van der Waals surface area contributed by atoms with Crippen molar-refractivity contribution >= 4 is 5.91 Å². The number of nitrogens with one attached hydrogen (secondary N) is 2. The van der Waals surface area contributed by atoms with E-state index in [2.05, 4.69) is 45.3 Å². The van der Waals surface area contributed by atoms with Crippen molar-refractivity contribution in [2.75, 3.05) is 13.2 Å². The molecule has 0 fully saturated rings. The van der Waals surface area contributed by atoms with Gasteiger partial charge in [0, 0.05) is 18.7 Å². The number of carbonyl (C=O) groups excluding carboxylic acids is 1. The predicted molar refractivity (Wildman–Crippen MR) is 75.5 cm³/mol. The second-order valence-electron chi connectivity index (χ2n) is 5.89. The average molecular weight is 258 g/mol. The monoisotopic (exact) mass is 258 g/mol. The number of rotatable bonds is 8. The van der Waals surface area contributed by atoms with E-state index < -0.39 is 0 Å². The van der Waals surface area contributed by atoms with Gasteiger partial charge in [0.1, 0.15) is 0 Å². The van der Waals surface area contributed by atoms with Crippen LogP contribution in [0.5, 0.6) is 0 Å². The molecule has 1 unspecified atom stereocenters. The second kappa shape index (κ2) is 8.48. The van der Waals surface area contributed by atoms with Crippen LogP contribution in [-0.2, 0) is 4.79 Å². The average Bonchev–Trinajstić information content (AvgIpc) is 2.29. The van der Waals surface area contributed by atoms with Crippen LogP contribution < -0.4 is 10.6 Å². The fraction of sp³-hybridized carbons (Fsp3) is 0.929. The standard InChI is InChI=1S/C14H30N2O2/c1-6-11(7-2)16-13(18)10-15-12(8-9-17)14(3,4)5/h11-12,15,17H,6-10H2,1-5H3,(H,16,18). The third kappa shape index (κ3) is 6.97. The van der Waals surface area contributed by atoms with Crippen molar-refractivity contribution in [1.29, 1.82) is 0 Å². The molecule has 1 atom stereocenters. The zero-order valence-corrected chi connectivity index (χ0v) is 12.5. The maximum Gasteiger partial charge on any atom is 0.234 e. The van der Waals surface area contributed by atoms with Crippen LogP contribution in [0.25, 0.3) is 0 Å². The van der Waals surface area contributed by atoms with E-state index in [4.69, 9.17) is 5.11 Å². The van der Waals surface area contributed by atoms with E-state index in [0.717, 1.165) is 12.8 Å². The fourth-order valence-electron chi connectivity index (χ4n) is 1.96.